The van der Waals surface area contributed by atoms with Crippen LogP contribution in [0.1, 0.15) is 44.7 Å². The van der Waals surface area contributed by atoms with Crippen LogP contribution in [0.2, 0.25) is 0 Å². The fourth-order valence-corrected chi connectivity index (χ4v) is 2.14. The van der Waals surface area contributed by atoms with Crippen molar-refractivity contribution in [1.82, 2.24) is 5.32 Å². The predicted molar refractivity (Wildman–Crippen MR) is 73.1 cm³/mol. The van der Waals surface area contributed by atoms with Crippen LogP contribution in [0.4, 0.5) is 4.39 Å². The Morgan fingerprint density at radius 3 is 2.33 bits per heavy atom. The maximum Gasteiger partial charge on any atom is 0.123 e. The third-order valence-corrected chi connectivity index (χ3v) is 3.09. The minimum absolute atomic E-state index is 0.131. The molecule has 1 aromatic carbocycles. The first kappa shape index (κ1) is 15.1. The van der Waals surface area contributed by atoms with E-state index in [1.165, 1.54) is 12.1 Å². The summed E-state index contributed by atoms with van der Waals surface area (Å²) in [6.45, 7) is 5.22. The number of hydrogen-bond acceptors (Lipinski definition) is 2. The van der Waals surface area contributed by atoms with Crippen LogP contribution in [-0.4, -0.2) is 19.8 Å². The molecule has 0 fully saturated rings. The van der Waals surface area contributed by atoms with Crippen molar-refractivity contribution in [2.75, 3.05) is 13.7 Å². The third kappa shape index (κ3) is 4.39. The SMILES string of the molecule is CCCNC(c1ccc(F)cc1)C(CCC)OC. The van der Waals surface area contributed by atoms with E-state index in [1.807, 2.05) is 12.1 Å². The van der Waals surface area contributed by atoms with E-state index in [4.69, 9.17) is 4.74 Å². The molecule has 0 aliphatic rings. The first-order valence-corrected chi connectivity index (χ1v) is 6.74. The quantitative estimate of drug-likeness (QED) is 0.763. The maximum atomic E-state index is 13.0. The number of halogens is 1. The number of benzene rings is 1. The Hall–Kier alpha value is -0.930. The van der Waals surface area contributed by atoms with Crippen molar-refractivity contribution < 1.29 is 9.13 Å². The van der Waals surface area contributed by atoms with Crippen LogP contribution in [-0.2, 0) is 4.74 Å². The molecule has 0 spiro atoms. The van der Waals surface area contributed by atoms with Gasteiger partial charge >= 0.3 is 0 Å². The summed E-state index contributed by atoms with van der Waals surface area (Å²) >= 11 is 0. The lowest BCUT2D eigenvalue weighted by Crippen LogP contribution is -2.33. The van der Waals surface area contributed by atoms with Crippen LogP contribution in [0.3, 0.4) is 0 Å². The minimum Gasteiger partial charge on any atom is -0.379 e. The molecule has 0 aliphatic carbocycles. The van der Waals surface area contributed by atoms with Gasteiger partial charge in [0.15, 0.2) is 0 Å². The van der Waals surface area contributed by atoms with Gasteiger partial charge < -0.3 is 10.1 Å². The standard InChI is InChI=1S/C15H24FNO/c1-4-6-14(18-3)15(17-11-5-2)12-7-9-13(16)10-8-12/h7-10,14-15,17H,4-6,11H2,1-3H3. The zero-order valence-electron chi connectivity index (χ0n) is 11.6. The Balaban J connectivity index is 2.84. The second-order valence-electron chi connectivity index (χ2n) is 4.55. The molecule has 2 nitrogen and oxygen atoms in total. The summed E-state index contributed by atoms with van der Waals surface area (Å²) in [6, 6.07) is 6.83. The Kier molecular flexibility index (Phi) is 6.91. The van der Waals surface area contributed by atoms with E-state index < -0.39 is 0 Å². The average Bonchev–Trinajstić information content (AvgIpc) is 2.39. The monoisotopic (exact) mass is 253 g/mol. The third-order valence-electron chi connectivity index (χ3n) is 3.09. The molecule has 1 N–H and O–H groups in total. The molecule has 1 aromatic rings. The molecule has 0 aromatic heterocycles. The van der Waals surface area contributed by atoms with Crippen LogP contribution in [0, 0.1) is 5.82 Å². The van der Waals surface area contributed by atoms with Crippen molar-refractivity contribution in [3.8, 4) is 0 Å². The van der Waals surface area contributed by atoms with Gasteiger partial charge in [-0.2, -0.15) is 0 Å². The fourth-order valence-electron chi connectivity index (χ4n) is 2.14. The van der Waals surface area contributed by atoms with Crippen LogP contribution in [0.15, 0.2) is 24.3 Å². The second kappa shape index (κ2) is 8.22. The molecule has 2 unspecified atom stereocenters. The van der Waals surface area contributed by atoms with E-state index in [2.05, 4.69) is 19.2 Å². The molecule has 2 atom stereocenters. The van der Waals surface area contributed by atoms with E-state index in [9.17, 15) is 4.39 Å². The molecule has 102 valence electrons. The molecule has 1 rings (SSSR count). The average molecular weight is 253 g/mol. The maximum absolute atomic E-state index is 13.0. The van der Waals surface area contributed by atoms with Crippen LogP contribution >= 0.6 is 0 Å². The number of rotatable bonds is 8. The zero-order valence-corrected chi connectivity index (χ0v) is 11.6. The number of ether oxygens (including phenoxy) is 1. The second-order valence-corrected chi connectivity index (χ2v) is 4.55. The fraction of sp³-hybridized carbons (Fsp3) is 0.600. The summed E-state index contributed by atoms with van der Waals surface area (Å²) < 4.78 is 18.6. The van der Waals surface area contributed by atoms with Crippen LogP contribution in [0.25, 0.3) is 0 Å². The summed E-state index contributed by atoms with van der Waals surface area (Å²) in [6.07, 6.45) is 3.27. The van der Waals surface area contributed by atoms with Gasteiger partial charge in [-0.3, -0.25) is 0 Å². The van der Waals surface area contributed by atoms with Crippen LogP contribution in [0.5, 0.6) is 0 Å². The van der Waals surface area contributed by atoms with Gasteiger partial charge in [-0.15, -0.1) is 0 Å². The molecular weight excluding hydrogens is 229 g/mol. The number of nitrogens with one attached hydrogen (secondary N) is 1. The van der Waals surface area contributed by atoms with Crippen LogP contribution < -0.4 is 5.32 Å². The van der Waals surface area contributed by atoms with Crippen molar-refractivity contribution >= 4 is 0 Å². The molecule has 18 heavy (non-hydrogen) atoms. The molecule has 0 saturated heterocycles. The van der Waals surface area contributed by atoms with Gasteiger partial charge in [0.05, 0.1) is 12.1 Å². The lowest BCUT2D eigenvalue weighted by molar-refractivity contribution is 0.0606. The highest BCUT2D eigenvalue weighted by Gasteiger charge is 2.21. The highest BCUT2D eigenvalue weighted by molar-refractivity contribution is 5.21. The number of hydrogen-bond donors (Lipinski definition) is 1. The van der Waals surface area contributed by atoms with E-state index in [1.54, 1.807) is 7.11 Å². The van der Waals surface area contributed by atoms with E-state index in [-0.39, 0.29) is 18.0 Å². The summed E-state index contributed by atoms with van der Waals surface area (Å²) in [5, 5.41) is 3.49. The first-order chi connectivity index (χ1) is 8.72. The van der Waals surface area contributed by atoms with E-state index >= 15 is 0 Å². The lowest BCUT2D eigenvalue weighted by Gasteiger charge is -2.27. The molecule has 0 bridgehead atoms. The van der Waals surface area contributed by atoms with Gasteiger partial charge in [-0.25, -0.2) is 4.39 Å². The minimum atomic E-state index is -0.197. The van der Waals surface area contributed by atoms with Crippen molar-refractivity contribution in [2.45, 2.75) is 45.3 Å². The van der Waals surface area contributed by atoms with Crippen molar-refractivity contribution in [1.29, 1.82) is 0 Å². The molecule has 0 radical (unpaired) electrons. The molecule has 0 heterocycles. The first-order valence-electron chi connectivity index (χ1n) is 6.74. The largest absolute Gasteiger partial charge is 0.379 e. The van der Waals surface area contributed by atoms with E-state index in [0.717, 1.165) is 31.4 Å². The molecule has 0 amide bonds. The summed E-state index contributed by atoms with van der Waals surface area (Å²) in [5.41, 5.74) is 1.09. The van der Waals surface area contributed by atoms with Crippen molar-refractivity contribution in [3.05, 3.63) is 35.6 Å². The van der Waals surface area contributed by atoms with Gasteiger partial charge in [0.1, 0.15) is 5.82 Å². The highest BCUT2D eigenvalue weighted by atomic mass is 19.1. The van der Waals surface area contributed by atoms with Gasteiger partial charge in [-0.1, -0.05) is 32.4 Å². The zero-order chi connectivity index (χ0) is 13.4. The summed E-state index contributed by atoms with van der Waals surface area (Å²) in [4.78, 5) is 0. The summed E-state index contributed by atoms with van der Waals surface area (Å²) in [5.74, 6) is -0.197. The molecule has 0 saturated carbocycles. The lowest BCUT2D eigenvalue weighted by atomic mass is 9.98. The smallest absolute Gasteiger partial charge is 0.123 e. The van der Waals surface area contributed by atoms with Crippen molar-refractivity contribution in [3.63, 3.8) is 0 Å². The number of methoxy groups -OCH3 is 1. The summed E-state index contributed by atoms with van der Waals surface area (Å²) in [7, 11) is 1.74. The highest BCUT2D eigenvalue weighted by Crippen LogP contribution is 2.22. The van der Waals surface area contributed by atoms with Gasteiger partial charge in [0.25, 0.3) is 0 Å². The van der Waals surface area contributed by atoms with E-state index in [0.29, 0.717) is 0 Å². The Morgan fingerprint density at radius 1 is 1.17 bits per heavy atom. The van der Waals surface area contributed by atoms with Crippen molar-refractivity contribution in [2.24, 2.45) is 0 Å². The Morgan fingerprint density at radius 2 is 1.83 bits per heavy atom. The van der Waals surface area contributed by atoms with Gasteiger partial charge in [0.2, 0.25) is 0 Å². The normalized spacial score (nSPS) is 14.4. The Labute approximate surface area is 110 Å². The van der Waals surface area contributed by atoms with Gasteiger partial charge in [0, 0.05) is 7.11 Å². The van der Waals surface area contributed by atoms with Gasteiger partial charge in [-0.05, 0) is 37.1 Å². The Bertz CT molecular complexity index is 326. The molecule has 3 heteroatoms. The molecule has 0 aliphatic heterocycles. The topological polar surface area (TPSA) is 21.3 Å². The predicted octanol–water partition coefficient (Wildman–Crippen LogP) is 3.68. The molecular formula is C15H24FNO.